The lowest BCUT2D eigenvalue weighted by Crippen LogP contribution is -2.46. The predicted octanol–water partition coefficient (Wildman–Crippen LogP) is 2.03. The van der Waals surface area contributed by atoms with E-state index in [0.717, 1.165) is 11.0 Å². The largest absolute Gasteiger partial charge is 0.389 e. The third-order valence-electron chi connectivity index (χ3n) is 3.11. The fourth-order valence-electron chi connectivity index (χ4n) is 1.37. The molecule has 0 aliphatic rings. The van der Waals surface area contributed by atoms with Crippen molar-refractivity contribution in [3.8, 4) is 0 Å². The number of hydrogen-bond acceptors (Lipinski definition) is 3. The molecule has 5 heteroatoms. The first-order valence-corrected chi connectivity index (χ1v) is 6.74. The third kappa shape index (κ3) is 4.77. The first-order chi connectivity index (χ1) is 7.81. The molecule has 0 bridgehead atoms. The Balaban J connectivity index is 2.38. The number of nitrogens with one attached hydrogen (secondary N) is 1. The number of aromatic nitrogens is 2. The van der Waals surface area contributed by atoms with Crippen LogP contribution in [0.15, 0.2) is 16.9 Å². The number of nitrogens with zero attached hydrogens (tertiary/aromatic N) is 2. The molecule has 0 saturated carbocycles. The van der Waals surface area contributed by atoms with E-state index in [9.17, 15) is 5.11 Å². The van der Waals surface area contributed by atoms with Crippen LogP contribution in [0.5, 0.6) is 0 Å². The highest BCUT2D eigenvalue weighted by molar-refractivity contribution is 9.10. The van der Waals surface area contributed by atoms with Gasteiger partial charge in [0.25, 0.3) is 0 Å². The highest BCUT2D eigenvalue weighted by Crippen LogP contribution is 2.14. The minimum absolute atomic E-state index is 0.237. The Morgan fingerprint density at radius 1 is 1.53 bits per heavy atom. The van der Waals surface area contributed by atoms with E-state index in [-0.39, 0.29) is 12.0 Å². The predicted molar refractivity (Wildman–Crippen MR) is 72.9 cm³/mol. The Hall–Kier alpha value is -0.390. The van der Waals surface area contributed by atoms with Gasteiger partial charge in [-0.15, -0.1) is 0 Å². The summed E-state index contributed by atoms with van der Waals surface area (Å²) in [5.41, 5.74) is -0.668. The highest BCUT2D eigenvalue weighted by Gasteiger charge is 2.24. The molecule has 2 atom stereocenters. The van der Waals surface area contributed by atoms with Gasteiger partial charge in [-0.05, 0) is 35.7 Å². The summed E-state index contributed by atoms with van der Waals surface area (Å²) in [5.74, 6) is 0.237. The van der Waals surface area contributed by atoms with Crippen LogP contribution in [0, 0.1) is 5.92 Å². The number of aliphatic hydroxyl groups is 1. The van der Waals surface area contributed by atoms with Crippen molar-refractivity contribution in [1.82, 2.24) is 15.1 Å². The molecule has 2 N–H and O–H groups in total. The zero-order valence-electron chi connectivity index (χ0n) is 10.9. The SMILES string of the molecule is CC(Cn1cc(Br)cn1)NCC(C)(O)C(C)C. The second kappa shape index (κ2) is 5.98. The summed E-state index contributed by atoms with van der Waals surface area (Å²) < 4.78 is 2.87. The monoisotopic (exact) mass is 303 g/mol. The maximum Gasteiger partial charge on any atom is 0.0766 e. The first-order valence-electron chi connectivity index (χ1n) is 5.95. The Bertz CT molecular complexity index is 349. The molecule has 0 spiro atoms. The maximum atomic E-state index is 10.1. The van der Waals surface area contributed by atoms with Crippen LogP contribution in [0.2, 0.25) is 0 Å². The van der Waals surface area contributed by atoms with E-state index in [4.69, 9.17) is 0 Å². The number of halogens is 1. The van der Waals surface area contributed by atoms with Gasteiger partial charge in [-0.25, -0.2) is 0 Å². The van der Waals surface area contributed by atoms with E-state index in [1.54, 1.807) is 6.20 Å². The van der Waals surface area contributed by atoms with Crippen LogP contribution in [0.1, 0.15) is 27.7 Å². The van der Waals surface area contributed by atoms with Gasteiger partial charge in [0.15, 0.2) is 0 Å². The third-order valence-corrected chi connectivity index (χ3v) is 3.52. The molecule has 1 heterocycles. The molecule has 1 aromatic heterocycles. The summed E-state index contributed by atoms with van der Waals surface area (Å²) >= 11 is 3.37. The molecule has 2 unspecified atom stereocenters. The lowest BCUT2D eigenvalue weighted by atomic mass is 9.92. The summed E-state index contributed by atoms with van der Waals surface area (Å²) in [6, 6.07) is 0.270. The molecule has 1 rings (SSSR count). The number of hydrogen-bond donors (Lipinski definition) is 2. The molecule has 0 aromatic carbocycles. The van der Waals surface area contributed by atoms with Gasteiger partial charge in [-0.3, -0.25) is 4.68 Å². The number of rotatable bonds is 6. The smallest absolute Gasteiger partial charge is 0.0766 e. The van der Waals surface area contributed by atoms with Crippen LogP contribution < -0.4 is 5.32 Å². The van der Waals surface area contributed by atoms with Crippen molar-refractivity contribution < 1.29 is 5.11 Å². The van der Waals surface area contributed by atoms with E-state index < -0.39 is 5.60 Å². The van der Waals surface area contributed by atoms with Gasteiger partial charge in [-0.2, -0.15) is 5.10 Å². The molecular formula is C12H22BrN3O. The minimum Gasteiger partial charge on any atom is -0.389 e. The fourth-order valence-corrected chi connectivity index (χ4v) is 1.70. The van der Waals surface area contributed by atoms with E-state index in [1.807, 2.05) is 31.6 Å². The summed E-state index contributed by atoms with van der Waals surface area (Å²) in [6.07, 6.45) is 3.72. The molecule has 0 aliphatic heterocycles. The Morgan fingerprint density at radius 3 is 2.65 bits per heavy atom. The Labute approximate surface area is 112 Å². The van der Waals surface area contributed by atoms with Gasteiger partial charge in [0.2, 0.25) is 0 Å². The molecule has 17 heavy (non-hydrogen) atoms. The van der Waals surface area contributed by atoms with E-state index in [0.29, 0.717) is 6.54 Å². The van der Waals surface area contributed by atoms with E-state index >= 15 is 0 Å². The Kier molecular flexibility index (Phi) is 5.16. The van der Waals surface area contributed by atoms with Crippen LogP contribution in [-0.2, 0) is 6.54 Å². The molecule has 4 nitrogen and oxygen atoms in total. The standard InChI is InChI=1S/C12H22BrN3O/c1-9(2)12(4,17)8-14-10(3)6-16-7-11(13)5-15-16/h5,7,9-10,14,17H,6,8H2,1-4H3. The van der Waals surface area contributed by atoms with Crippen molar-refractivity contribution in [2.45, 2.75) is 45.9 Å². The van der Waals surface area contributed by atoms with Crippen LogP contribution in [0.4, 0.5) is 0 Å². The second-order valence-electron chi connectivity index (χ2n) is 5.17. The highest BCUT2D eigenvalue weighted by atomic mass is 79.9. The summed E-state index contributed by atoms with van der Waals surface area (Å²) in [4.78, 5) is 0. The van der Waals surface area contributed by atoms with Crippen molar-refractivity contribution in [3.63, 3.8) is 0 Å². The molecule has 98 valence electrons. The van der Waals surface area contributed by atoms with E-state index in [2.05, 4.69) is 33.3 Å². The van der Waals surface area contributed by atoms with Crippen molar-refractivity contribution in [3.05, 3.63) is 16.9 Å². The second-order valence-corrected chi connectivity index (χ2v) is 6.09. The average Bonchev–Trinajstić information content (AvgIpc) is 2.61. The van der Waals surface area contributed by atoms with Gasteiger partial charge in [0.05, 0.1) is 22.8 Å². The molecule has 0 fully saturated rings. The van der Waals surface area contributed by atoms with Gasteiger partial charge in [0, 0.05) is 18.8 Å². The topological polar surface area (TPSA) is 50.1 Å². The molecule has 0 radical (unpaired) electrons. The Morgan fingerprint density at radius 2 is 2.18 bits per heavy atom. The molecular weight excluding hydrogens is 282 g/mol. The van der Waals surface area contributed by atoms with Crippen molar-refractivity contribution in [1.29, 1.82) is 0 Å². The van der Waals surface area contributed by atoms with E-state index in [1.165, 1.54) is 0 Å². The van der Waals surface area contributed by atoms with Gasteiger partial charge in [-0.1, -0.05) is 13.8 Å². The fraction of sp³-hybridized carbons (Fsp3) is 0.750. The van der Waals surface area contributed by atoms with Crippen LogP contribution in [0.25, 0.3) is 0 Å². The maximum absolute atomic E-state index is 10.1. The zero-order chi connectivity index (χ0) is 13.1. The summed E-state index contributed by atoms with van der Waals surface area (Å²) in [7, 11) is 0. The van der Waals surface area contributed by atoms with Crippen molar-refractivity contribution >= 4 is 15.9 Å². The molecule has 0 saturated heterocycles. The van der Waals surface area contributed by atoms with Crippen molar-refractivity contribution in [2.24, 2.45) is 5.92 Å². The van der Waals surface area contributed by atoms with Crippen LogP contribution in [-0.4, -0.2) is 33.1 Å². The lowest BCUT2D eigenvalue weighted by molar-refractivity contribution is 0.0117. The van der Waals surface area contributed by atoms with Gasteiger partial charge < -0.3 is 10.4 Å². The van der Waals surface area contributed by atoms with Gasteiger partial charge in [0.1, 0.15) is 0 Å². The zero-order valence-corrected chi connectivity index (χ0v) is 12.5. The molecule has 0 amide bonds. The first kappa shape index (κ1) is 14.7. The van der Waals surface area contributed by atoms with Crippen LogP contribution in [0.3, 0.4) is 0 Å². The average molecular weight is 304 g/mol. The van der Waals surface area contributed by atoms with Gasteiger partial charge >= 0.3 is 0 Å². The quantitative estimate of drug-likeness (QED) is 0.845. The van der Waals surface area contributed by atoms with Crippen molar-refractivity contribution in [2.75, 3.05) is 6.54 Å². The summed E-state index contributed by atoms with van der Waals surface area (Å²) in [6.45, 7) is 9.38. The normalized spacial score (nSPS) is 17.1. The molecule has 0 aliphatic carbocycles. The molecule has 1 aromatic rings. The minimum atomic E-state index is -0.668. The summed E-state index contributed by atoms with van der Waals surface area (Å²) in [5, 5.41) is 17.7. The van der Waals surface area contributed by atoms with Crippen LogP contribution >= 0.6 is 15.9 Å². The lowest BCUT2D eigenvalue weighted by Gasteiger charge is -2.29.